The fraction of sp³-hybridized carbons (Fsp3) is 0.455. The van der Waals surface area contributed by atoms with Gasteiger partial charge in [-0.2, -0.15) is 5.10 Å². The van der Waals surface area contributed by atoms with E-state index in [1.165, 1.54) is 0 Å². The molecule has 7 nitrogen and oxygen atoms in total. The van der Waals surface area contributed by atoms with E-state index in [9.17, 15) is 4.21 Å². The van der Waals surface area contributed by atoms with Gasteiger partial charge in [-0.3, -0.25) is 9.31 Å². The Balaban J connectivity index is 1.61. The predicted molar refractivity (Wildman–Crippen MR) is 125 cm³/mol. The number of ether oxygens (including phenoxy) is 1. The first kappa shape index (κ1) is 20.8. The van der Waals surface area contributed by atoms with E-state index in [2.05, 4.69) is 30.5 Å². The minimum Gasteiger partial charge on any atom is -0.491 e. The molecule has 0 amide bonds. The minimum atomic E-state index is -2.22. The normalized spacial score (nSPS) is 16.8. The quantitative estimate of drug-likeness (QED) is 0.610. The van der Waals surface area contributed by atoms with Gasteiger partial charge in [0.05, 0.1) is 11.6 Å². The monoisotopic (exact) mass is 429 g/mol. The molecule has 1 N–H and O–H groups in total. The Hall–Kier alpha value is -2.45. The molecule has 2 aromatic heterocycles. The molecule has 0 saturated carbocycles. The second kappa shape index (κ2) is 8.35. The number of anilines is 1. The molecule has 0 aliphatic carbocycles. The molecular weight excluding hydrogens is 398 g/mol. The van der Waals surface area contributed by atoms with Crippen molar-refractivity contribution < 1.29 is 8.95 Å². The van der Waals surface area contributed by atoms with Gasteiger partial charge in [-0.1, -0.05) is 10.1 Å². The maximum atomic E-state index is 12.5. The average Bonchev–Trinajstić information content (AvgIpc) is 2.93. The number of nitrogens with zero attached hydrogens (tertiary/aromatic N) is 4. The molecule has 4 rings (SSSR count). The lowest BCUT2D eigenvalue weighted by molar-refractivity contribution is 0.243. The molecule has 8 heteroatoms. The second-order valence-electron chi connectivity index (χ2n) is 8.44. The van der Waals surface area contributed by atoms with E-state index in [-0.39, 0.29) is 6.10 Å². The van der Waals surface area contributed by atoms with Crippen molar-refractivity contribution in [3.05, 3.63) is 36.5 Å². The fourth-order valence-corrected chi connectivity index (χ4v) is 5.11. The van der Waals surface area contributed by atoms with Gasteiger partial charge in [0.1, 0.15) is 17.3 Å². The number of nitrogens with one attached hydrogen (secondary N) is 1. The fourth-order valence-electron chi connectivity index (χ4n) is 3.91. The van der Waals surface area contributed by atoms with E-state index in [4.69, 9.17) is 4.74 Å². The third-order valence-electron chi connectivity index (χ3n) is 5.40. The van der Waals surface area contributed by atoms with Crippen LogP contribution in [-0.4, -0.2) is 68.5 Å². The van der Waals surface area contributed by atoms with E-state index in [0.717, 1.165) is 66.3 Å². The Labute approximate surface area is 179 Å². The van der Waals surface area contributed by atoms with Crippen LogP contribution in [0.1, 0.15) is 20.3 Å². The molecule has 0 bridgehead atoms. The summed E-state index contributed by atoms with van der Waals surface area (Å²) in [6.07, 6.45) is 6.63. The van der Waals surface area contributed by atoms with Crippen LogP contribution in [0.4, 0.5) is 5.82 Å². The van der Waals surface area contributed by atoms with E-state index in [0.29, 0.717) is 0 Å². The molecular formula is C22H31N5O2S. The number of aromatic amines is 1. The van der Waals surface area contributed by atoms with Gasteiger partial charge in [-0.25, -0.2) is 9.29 Å². The van der Waals surface area contributed by atoms with E-state index in [1.807, 2.05) is 56.8 Å². The van der Waals surface area contributed by atoms with Gasteiger partial charge in [0.2, 0.25) is 0 Å². The lowest BCUT2D eigenvalue weighted by Gasteiger charge is -2.29. The van der Waals surface area contributed by atoms with Crippen molar-refractivity contribution in [2.24, 2.45) is 0 Å². The standard InChI is InChI=1S/C22H31N5O2S/c1-16(2)29-18-6-7-20-19(15-18)22(25-24-20)17-8-9-23-21(14-17)26-10-5-11-27(13-12-26)30(3,4)28/h6-9,14-16,30H,5,10-13H2,1-4H3,(H,24,25). The number of benzene rings is 1. The van der Waals surface area contributed by atoms with Gasteiger partial charge in [0.25, 0.3) is 0 Å². The van der Waals surface area contributed by atoms with Crippen LogP contribution in [0.3, 0.4) is 0 Å². The molecule has 1 saturated heterocycles. The third-order valence-corrected chi connectivity index (χ3v) is 7.16. The highest BCUT2D eigenvalue weighted by Gasteiger charge is 2.21. The molecule has 162 valence electrons. The summed E-state index contributed by atoms with van der Waals surface area (Å²) in [6, 6.07) is 10.1. The largest absolute Gasteiger partial charge is 0.491 e. The molecule has 0 unspecified atom stereocenters. The summed E-state index contributed by atoms with van der Waals surface area (Å²) < 4.78 is 20.4. The smallest absolute Gasteiger partial charge is 0.129 e. The molecule has 1 fully saturated rings. The summed E-state index contributed by atoms with van der Waals surface area (Å²) in [5.74, 6) is 1.77. The van der Waals surface area contributed by atoms with Gasteiger partial charge in [-0.05, 0) is 50.6 Å². The van der Waals surface area contributed by atoms with Crippen LogP contribution in [0.2, 0.25) is 0 Å². The number of hydrogen-bond acceptors (Lipinski definition) is 5. The number of aromatic nitrogens is 3. The molecule has 1 aliphatic heterocycles. The van der Waals surface area contributed by atoms with Crippen molar-refractivity contribution in [3.63, 3.8) is 0 Å². The molecule has 0 atom stereocenters. The molecule has 30 heavy (non-hydrogen) atoms. The van der Waals surface area contributed by atoms with Crippen LogP contribution >= 0.6 is 0 Å². The second-order valence-corrected chi connectivity index (χ2v) is 11.6. The van der Waals surface area contributed by atoms with Crippen molar-refractivity contribution in [1.29, 1.82) is 0 Å². The molecule has 1 aliphatic rings. The Kier molecular flexibility index (Phi) is 5.79. The molecule has 3 heterocycles. The molecule has 3 aromatic rings. The van der Waals surface area contributed by atoms with E-state index >= 15 is 0 Å². The maximum absolute atomic E-state index is 12.5. The Morgan fingerprint density at radius 3 is 2.70 bits per heavy atom. The SMILES string of the molecule is CC(C)Oc1ccc2[nH]nc(-c3ccnc(N4CCCN([SH](C)(C)=O)CC4)c3)c2c1. The van der Waals surface area contributed by atoms with Crippen LogP contribution in [0.25, 0.3) is 22.2 Å². The number of H-pyrrole nitrogens is 1. The molecule has 1 aromatic carbocycles. The number of hydrogen-bond donors (Lipinski definition) is 2. The first-order valence-corrected chi connectivity index (χ1v) is 13.0. The zero-order chi connectivity index (χ0) is 21.3. The highest BCUT2D eigenvalue weighted by molar-refractivity contribution is 7.99. The first-order valence-electron chi connectivity index (χ1n) is 10.5. The van der Waals surface area contributed by atoms with Crippen molar-refractivity contribution in [2.45, 2.75) is 26.4 Å². The number of rotatable bonds is 5. The molecule has 0 spiro atoms. The third kappa shape index (κ3) is 4.49. The Morgan fingerprint density at radius 2 is 1.93 bits per heavy atom. The highest BCUT2D eigenvalue weighted by atomic mass is 32.3. The van der Waals surface area contributed by atoms with Crippen LogP contribution < -0.4 is 9.64 Å². The van der Waals surface area contributed by atoms with E-state index < -0.39 is 10.1 Å². The van der Waals surface area contributed by atoms with E-state index in [1.54, 1.807) is 0 Å². The van der Waals surface area contributed by atoms with Crippen molar-refractivity contribution in [3.8, 4) is 17.0 Å². The summed E-state index contributed by atoms with van der Waals surface area (Å²) in [7, 11) is -2.22. The van der Waals surface area contributed by atoms with Crippen LogP contribution in [0.5, 0.6) is 5.75 Å². The van der Waals surface area contributed by atoms with Crippen LogP contribution in [0, 0.1) is 0 Å². The van der Waals surface area contributed by atoms with Gasteiger partial charge in [-0.15, -0.1) is 0 Å². The maximum Gasteiger partial charge on any atom is 0.129 e. The molecule has 0 radical (unpaired) electrons. The van der Waals surface area contributed by atoms with Crippen LogP contribution in [-0.2, 0) is 10.1 Å². The lowest BCUT2D eigenvalue weighted by atomic mass is 10.1. The predicted octanol–water partition coefficient (Wildman–Crippen LogP) is 3.12. The van der Waals surface area contributed by atoms with Crippen molar-refractivity contribution in [1.82, 2.24) is 19.5 Å². The topological polar surface area (TPSA) is 74.3 Å². The van der Waals surface area contributed by atoms with Crippen LogP contribution in [0.15, 0.2) is 36.5 Å². The Morgan fingerprint density at radius 1 is 1.10 bits per heavy atom. The summed E-state index contributed by atoms with van der Waals surface area (Å²) in [4.78, 5) is 6.89. The summed E-state index contributed by atoms with van der Waals surface area (Å²) >= 11 is 0. The lowest BCUT2D eigenvalue weighted by Crippen LogP contribution is -2.38. The first-order chi connectivity index (χ1) is 14.3. The highest BCUT2D eigenvalue weighted by Crippen LogP contribution is 2.31. The minimum absolute atomic E-state index is 0.120. The van der Waals surface area contributed by atoms with Crippen molar-refractivity contribution in [2.75, 3.05) is 43.6 Å². The number of fused-ring (bicyclic) bond motifs is 1. The van der Waals surface area contributed by atoms with Gasteiger partial charge in [0.15, 0.2) is 0 Å². The van der Waals surface area contributed by atoms with Gasteiger partial charge >= 0.3 is 0 Å². The zero-order valence-corrected chi connectivity index (χ0v) is 19.0. The number of thiol groups is 1. The van der Waals surface area contributed by atoms with Crippen molar-refractivity contribution >= 4 is 26.8 Å². The number of pyridine rings is 1. The van der Waals surface area contributed by atoms with Gasteiger partial charge < -0.3 is 9.64 Å². The summed E-state index contributed by atoms with van der Waals surface area (Å²) in [5, 5.41) is 8.72. The summed E-state index contributed by atoms with van der Waals surface area (Å²) in [6.45, 7) is 7.42. The summed E-state index contributed by atoms with van der Waals surface area (Å²) in [5.41, 5.74) is 2.89. The Bertz CT molecular complexity index is 1070. The average molecular weight is 430 g/mol. The van der Waals surface area contributed by atoms with Gasteiger partial charge in [0, 0.05) is 55.8 Å². The zero-order valence-electron chi connectivity index (χ0n) is 18.1.